The fourth-order valence-electron chi connectivity index (χ4n) is 3.06. The van der Waals surface area contributed by atoms with Crippen LogP contribution in [-0.2, 0) is 6.61 Å². The van der Waals surface area contributed by atoms with E-state index < -0.39 is 5.56 Å². The van der Waals surface area contributed by atoms with Crippen molar-refractivity contribution >= 4 is 45.9 Å². The summed E-state index contributed by atoms with van der Waals surface area (Å²) >= 11 is 12.6. The van der Waals surface area contributed by atoms with E-state index in [1.807, 2.05) is 0 Å². The molecule has 2 aromatic heterocycles. The molecule has 0 spiro atoms. The van der Waals surface area contributed by atoms with Crippen LogP contribution in [0, 0.1) is 0 Å². The lowest BCUT2D eigenvalue weighted by Gasteiger charge is -2.13. The van der Waals surface area contributed by atoms with Crippen molar-refractivity contribution in [1.29, 1.82) is 0 Å². The third kappa shape index (κ3) is 3.70. The van der Waals surface area contributed by atoms with Gasteiger partial charge in [0.15, 0.2) is 5.65 Å². The topological polar surface area (TPSA) is 89.3 Å². The molecule has 2 N–H and O–H groups in total. The van der Waals surface area contributed by atoms with Gasteiger partial charge in [-0.25, -0.2) is 4.98 Å². The molecular formula is C21H16Cl2N4O3. The van der Waals surface area contributed by atoms with E-state index in [1.165, 1.54) is 7.11 Å². The second-order valence-corrected chi connectivity index (χ2v) is 7.20. The van der Waals surface area contributed by atoms with Gasteiger partial charge in [0.05, 0.1) is 22.2 Å². The summed E-state index contributed by atoms with van der Waals surface area (Å²) in [6.07, 6.45) is 1.58. The van der Waals surface area contributed by atoms with E-state index >= 15 is 0 Å². The molecule has 0 amide bonds. The van der Waals surface area contributed by atoms with Gasteiger partial charge in [-0.3, -0.25) is 4.79 Å². The van der Waals surface area contributed by atoms with Crippen LogP contribution in [0.3, 0.4) is 0 Å². The average Bonchev–Trinajstić information content (AvgIpc) is 2.75. The highest BCUT2D eigenvalue weighted by molar-refractivity contribution is 6.39. The summed E-state index contributed by atoms with van der Waals surface area (Å²) in [7, 11) is 1.38. The van der Waals surface area contributed by atoms with Crippen molar-refractivity contribution in [3.63, 3.8) is 0 Å². The van der Waals surface area contributed by atoms with Gasteiger partial charge in [-0.1, -0.05) is 41.4 Å². The SMILES string of the molecule is COn1c(=O)c(-c2c(Cl)cccc2Cl)cc2cnc(Nc3ccc(CO)cc3)nc21. The molecule has 0 radical (unpaired) electrons. The van der Waals surface area contributed by atoms with Crippen LogP contribution in [0.15, 0.2) is 59.5 Å². The average molecular weight is 443 g/mol. The zero-order chi connectivity index (χ0) is 21.3. The highest BCUT2D eigenvalue weighted by Gasteiger charge is 2.18. The second kappa shape index (κ2) is 8.31. The Morgan fingerprint density at radius 1 is 1.13 bits per heavy atom. The largest absolute Gasteiger partial charge is 0.412 e. The van der Waals surface area contributed by atoms with E-state index in [1.54, 1.807) is 54.7 Å². The normalized spacial score (nSPS) is 10.9. The summed E-state index contributed by atoms with van der Waals surface area (Å²) < 4.78 is 1.08. The lowest BCUT2D eigenvalue weighted by molar-refractivity contribution is 0.168. The molecule has 4 aromatic rings. The van der Waals surface area contributed by atoms with Gasteiger partial charge in [-0.05, 0) is 35.9 Å². The summed E-state index contributed by atoms with van der Waals surface area (Å²) in [4.78, 5) is 27.1. The number of nitrogens with zero attached hydrogens (tertiary/aromatic N) is 3. The Balaban J connectivity index is 1.82. The van der Waals surface area contributed by atoms with Crippen LogP contribution in [0.4, 0.5) is 11.6 Å². The first-order valence-corrected chi connectivity index (χ1v) is 9.66. The van der Waals surface area contributed by atoms with E-state index in [0.717, 1.165) is 16.0 Å². The van der Waals surface area contributed by atoms with Crippen LogP contribution in [0.5, 0.6) is 0 Å². The number of nitrogens with one attached hydrogen (secondary N) is 1. The van der Waals surface area contributed by atoms with Crippen LogP contribution >= 0.6 is 23.2 Å². The van der Waals surface area contributed by atoms with Gasteiger partial charge in [0.2, 0.25) is 5.95 Å². The molecule has 9 heteroatoms. The Morgan fingerprint density at radius 3 is 2.47 bits per heavy atom. The lowest BCUT2D eigenvalue weighted by atomic mass is 10.1. The quantitative estimate of drug-likeness (QED) is 0.484. The molecule has 0 saturated carbocycles. The fraction of sp³-hybridized carbons (Fsp3) is 0.0952. The maximum atomic E-state index is 13.1. The van der Waals surface area contributed by atoms with Crippen molar-refractivity contribution in [2.75, 3.05) is 12.4 Å². The molecule has 0 fully saturated rings. The summed E-state index contributed by atoms with van der Waals surface area (Å²) in [5, 5.41) is 13.5. The molecule has 0 aliphatic heterocycles. The molecule has 0 aliphatic rings. The van der Waals surface area contributed by atoms with Crippen molar-refractivity contribution < 1.29 is 9.94 Å². The first-order chi connectivity index (χ1) is 14.5. The van der Waals surface area contributed by atoms with Crippen molar-refractivity contribution in [1.82, 2.24) is 14.7 Å². The molecule has 2 aromatic carbocycles. The predicted molar refractivity (Wildman–Crippen MR) is 117 cm³/mol. The number of aliphatic hydroxyl groups excluding tert-OH is 1. The molecule has 0 saturated heterocycles. The first-order valence-electron chi connectivity index (χ1n) is 8.90. The maximum absolute atomic E-state index is 13.1. The molecule has 0 atom stereocenters. The molecular weight excluding hydrogens is 427 g/mol. The van der Waals surface area contributed by atoms with Gasteiger partial charge >= 0.3 is 0 Å². The minimum absolute atomic E-state index is 0.0371. The molecule has 0 bridgehead atoms. The van der Waals surface area contributed by atoms with E-state index in [9.17, 15) is 4.79 Å². The van der Waals surface area contributed by atoms with Crippen molar-refractivity contribution in [3.05, 3.63) is 80.7 Å². The Morgan fingerprint density at radius 2 is 1.83 bits per heavy atom. The Bertz CT molecular complexity index is 1270. The van der Waals surface area contributed by atoms with Gasteiger partial charge in [-0.15, -0.1) is 4.73 Å². The zero-order valence-electron chi connectivity index (χ0n) is 15.8. The number of hydrogen-bond donors (Lipinski definition) is 2. The van der Waals surface area contributed by atoms with E-state index in [-0.39, 0.29) is 18.1 Å². The zero-order valence-corrected chi connectivity index (χ0v) is 17.3. The minimum atomic E-state index is -0.447. The third-order valence-corrected chi connectivity index (χ3v) is 5.14. The molecule has 0 aliphatic carbocycles. The molecule has 152 valence electrons. The van der Waals surface area contributed by atoms with Crippen molar-refractivity contribution in [3.8, 4) is 11.1 Å². The molecule has 0 unspecified atom stereocenters. The summed E-state index contributed by atoms with van der Waals surface area (Å²) in [6, 6.07) is 13.8. The number of benzene rings is 2. The van der Waals surface area contributed by atoms with Crippen LogP contribution in [-0.4, -0.2) is 26.9 Å². The number of hydrogen-bond acceptors (Lipinski definition) is 6. The number of halogens is 2. The van der Waals surface area contributed by atoms with E-state index in [2.05, 4.69) is 15.3 Å². The second-order valence-electron chi connectivity index (χ2n) is 6.39. The Labute approximate surface area is 181 Å². The molecule has 7 nitrogen and oxygen atoms in total. The highest BCUT2D eigenvalue weighted by Crippen LogP contribution is 2.33. The molecule has 2 heterocycles. The standard InChI is InChI=1S/C21H16Cl2N4O3/c1-30-27-19-13(9-15(20(27)29)18-16(22)3-2-4-17(18)23)10-24-21(26-19)25-14-7-5-12(11-28)6-8-14/h2-10,28H,11H2,1H3,(H,24,25,26). The van der Waals surface area contributed by atoms with Crippen LogP contribution in [0.25, 0.3) is 22.2 Å². The number of anilines is 2. The molecule has 30 heavy (non-hydrogen) atoms. The third-order valence-electron chi connectivity index (χ3n) is 4.51. The Hall–Kier alpha value is -3.13. The van der Waals surface area contributed by atoms with E-state index in [0.29, 0.717) is 26.6 Å². The summed E-state index contributed by atoms with van der Waals surface area (Å²) in [5.41, 5.74) is 2.07. The van der Waals surface area contributed by atoms with Crippen molar-refractivity contribution in [2.45, 2.75) is 6.61 Å². The number of pyridine rings is 1. The summed E-state index contributed by atoms with van der Waals surface area (Å²) in [5.74, 6) is 0.285. The van der Waals surface area contributed by atoms with Crippen molar-refractivity contribution in [2.24, 2.45) is 0 Å². The highest BCUT2D eigenvalue weighted by atomic mass is 35.5. The first kappa shape index (κ1) is 20.2. The number of aliphatic hydroxyl groups is 1. The molecule has 4 rings (SSSR count). The minimum Gasteiger partial charge on any atom is -0.412 e. The van der Waals surface area contributed by atoms with Gasteiger partial charge < -0.3 is 15.3 Å². The lowest BCUT2D eigenvalue weighted by Crippen LogP contribution is -2.27. The fourth-order valence-corrected chi connectivity index (χ4v) is 3.66. The van der Waals surface area contributed by atoms with Gasteiger partial charge in [0.25, 0.3) is 5.56 Å². The van der Waals surface area contributed by atoms with E-state index in [4.69, 9.17) is 33.1 Å². The van der Waals surface area contributed by atoms with Gasteiger partial charge in [0, 0.05) is 22.8 Å². The summed E-state index contributed by atoms with van der Waals surface area (Å²) in [6.45, 7) is -0.0371. The number of aromatic nitrogens is 3. The van der Waals surface area contributed by atoms with Crippen LogP contribution < -0.4 is 15.7 Å². The predicted octanol–water partition coefficient (Wildman–Crippen LogP) is 4.06. The number of rotatable bonds is 5. The maximum Gasteiger partial charge on any atom is 0.293 e. The monoisotopic (exact) mass is 442 g/mol. The van der Waals surface area contributed by atoms with Gasteiger partial charge in [0.1, 0.15) is 7.11 Å². The van der Waals surface area contributed by atoms with Crippen LogP contribution in [0.2, 0.25) is 10.0 Å². The smallest absolute Gasteiger partial charge is 0.293 e. The van der Waals surface area contributed by atoms with Gasteiger partial charge in [-0.2, -0.15) is 4.98 Å². The van der Waals surface area contributed by atoms with Crippen LogP contribution in [0.1, 0.15) is 5.56 Å². The number of fused-ring (bicyclic) bond motifs is 1. The Kier molecular flexibility index (Phi) is 5.59.